The highest BCUT2D eigenvalue weighted by Crippen LogP contribution is 2.17. The van der Waals surface area contributed by atoms with Crippen molar-refractivity contribution < 1.29 is 19.1 Å². The zero-order valence-electron chi connectivity index (χ0n) is 18.7. The summed E-state index contributed by atoms with van der Waals surface area (Å²) in [6.45, 7) is 1.41. The summed E-state index contributed by atoms with van der Waals surface area (Å²) < 4.78 is 10.4. The molecule has 0 bridgehead atoms. The minimum absolute atomic E-state index is 0.158. The third-order valence-electron chi connectivity index (χ3n) is 5.35. The quantitative estimate of drug-likeness (QED) is 0.661. The summed E-state index contributed by atoms with van der Waals surface area (Å²) in [6.07, 6.45) is 9.05. The van der Waals surface area contributed by atoms with Crippen LogP contribution in [0.1, 0.15) is 36.8 Å². The van der Waals surface area contributed by atoms with E-state index in [1.165, 1.54) is 6.08 Å². The Labute approximate surface area is 189 Å². The van der Waals surface area contributed by atoms with Gasteiger partial charge in [0, 0.05) is 19.2 Å². The average Bonchev–Trinajstić information content (AvgIpc) is 3.12. The number of likely N-dealkylation sites (tertiary alicyclic amines) is 1. The van der Waals surface area contributed by atoms with Gasteiger partial charge < -0.3 is 19.7 Å². The van der Waals surface area contributed by atoms with E-state index in [1.54, 1.807) is 26.4 Å². The second-order valence-corrected chi connectivity index (χ2v) is 7.63. The van der Waals surface area contributed by atoms with Crippen LogP contribution in [0.2, 0.25) is 0 Å². The van der Waals surface area contributed by atoms with Crippen LogP contribution < -0.4 is 14.8 Å². The van der Waals surface area contributed by atoms with Crippen LogP contribution in [0.4, 0.5) is 0 Å². The van der Waals surface area contributed by atoms with Crippen molar-refractivity contribution in [3.05, 3.63) is 71.4 Å². The SMILES string of the molecule is COc1ccc(/C=C(\NC(=O)/C=C/c2ccc(OC)cc2)C(=O)N2CCCCCC2)cc1. The molecule has 32 heavy (non-hydrogen) atoms. The van der Waals surface area contributed by atoms with Gasteiger partial charge in [-0.1, -0.05) is 37.1 Å². The lowest BCUT2D eigenvalue weighted by molar-refractivity contribution is -0.128. The van der Waals surface area contributed by atoms with Crippen LogP contribution in [0.15, 0.2) is 60.3 Å². The molecule has 1 heterocycles. The van der Waals surface area contributed by atoms with Crippen LogP contribution in [0, 0.1) is 0 Å². The second kappa shape index (κ2) is 11.7. The van der Waals surface area contributed by atoms with Crippen molar-refractivity contribution in [2.45, 2.75) is 25.7 Å². The van der Waals surface area contributed by atoms with Gasteiger partial charge in [-0.3, -0.25) is 9.59 Å². The predicted molar refractivity (Wildman–Crippen MR) is 126 cm³/mol. The van der Waals surface area contributed by atoms with E-state index in [4.69, 9.17) is 9.47 Å². The molecule has 6 heteroatoms. The van der Waals surface area contributed by atoms with Gasteiger partial charge in [0.15, 0.2) is 0 Å². The molecule has 2 amide bonds. The van der Waals surface area contributed by atoms with Gasteiger partial charge in [-0.25, -0.2) is 0 Å². The number of carbonyl (C=O) groups is 2. The molecule has 0 aromatic heterocycles. The molecule has 0 radical (unpaired) electrons. The summed E-state index contributed by atoms with van der Waals surface area (Å²) in [4.78, 5) is 27.7. The number of amides is 2. The van der Waals surface area contributed by atoms with Gasteiger partial charge in [0.05, 0.1) is 14.2 Å². The van der Waals surface area contributed by atoms with E-state index < -0.39 is 0 Å². The first kappa shape index (κ1) is 23.1. The normalized spacial score (nSPS) is 14.7. The van der Waals surface area contributed by atoms with E-state index in [1.807, 2.05) is 53.4 Å². The summed E-state index contributed by atoms with van der Waals surface area (Å²) in [5, 5.41) is 2.79. The van der Waals surface area contributed by atoms with Crippen molar-refractivity contribution in [1.82, 2.24) is 10.2 Å². The third kappa shape index (κ3) is 6.74. The molecule has 0 saturated carbocycles. The first-order valence-electron chi connectivity index (χ1n) is 10.9. The molecule has 6 nitrogen and oxygen atoms in total. The lowest BCUT2D eigenvalue weighted by Crippen LogP contribution is -2.38. The fraction of sp³-hybridized carbons (Fsp3) is 0.308. The van der Waals surface area contributed by atoms with E-state index in [0.717, 1.165) is 48.3 Å². The fourth-order valence-corrected chi connectivity index (χ4v) is 3.52. The Balaban J connectivity index is 1.78. The van der Waals surface area contributed by atoms with Crippen LogP contribution in [0.5, 0.6) is 11.5 Å². The zero-order chi connectivity index (χ0) is 22.8. The molecule has 0 spiro atoms. The molecule has 0 aliphatic carbocycles. The zero-order valence-corrected chi connectivity index (χ0v) is 18.7. The lowest BCUT2D eigenvalue weighted by Gasteiger charge is -2.22. The molecule has 168 valence electrons. The Morgan fingerprint density at radius 3 is 1.88 bits per heavy atom. The molecular formula is C26H30N2O4. The van der Waals surface area contributed by atoms with Gasteiger partial charge in [0.25, 0.3) is 5.91 Å². The van der Waals surface area contributed by atoms with Crippen LogP contribution in [0.3, 0.4) is 0 Å². The topological polar surface area (TPSA) is 67.9 Å². The first-order chi connectivity index (χ1) is 15.6. The van der Waals surface area contributed by atoms with Crippen molar-refractivity contribution in [3.8, 4) is 11.5 Å². The van der Waals surface area contributed by atoms with Crippen molar-refractivity contribution in [2.75, 3.05) is 27.3 Å². The number of methoxy groups -OCH3 is 2. The number of hydrogen-bond donors (Lipinski definition) is 1. The maximum atomic E-state index is 13.2. The van der Waals surface area contributed by atoms with Gasteiger partial charge in [-0.15, -0.1) is 0 Å². The lowest BCUT2D eigenvalue weighted by atomic mass is 10.1. The number of hydrogen-bond acceptors (Lipinski definition) is 4. The highest BCUT2D eigenvalue weighted by Gasteiger charge is 2.20. The van der Waals surface area contributed by atoms with Gasteiger partial charge in [-0.2, -0.15) is 0 Å². The average molecular weight is 435 g/mol. The molecule has 0 unspecified atom stereocenters. The number of nitrogens with one attached hydrogen (secondary N) is 1. The Bertz CT molecular complexity index is 954. The molecule has 1 N–H and O–H groups in total. The minimum Gasteiger partial charge on any atom is -0.497 e. The van der Waals surface area contributed by atoms with Crippen molar-refractivity contribution in [3.63, 3.8) is 0 Å². The Hall–Kier alpha value is -3.54. The molecule has 2 aromatic carbocycles. The summed E-state index contributed by atoms with van der Waals surface area (Å²) in [6, 6.07) is 14.7. The van der Waals surface area contributed by atoms with Crippen LogP contribution in [0.25, 0.3) is 12.2 Å². The summed E-state index contributed by atoms with van der Waals surface area (Å²) in [5.74, 6) is 0.964. The standard InChI is InChI=1S/C26H30N2O4/c1-31-22-12-7-20(8-13-22)11-16-25(29)27-24(19-21-9-14-23(32-2)15-10-21)26(30)28-17-5-3-4-6-18-28/h7-16,19H,3-6,17-18H2,1-2H3,(H,27,29)/b16-11+,24-19-. The van der Waals surface area contributed by atoms with Gasteiger partial charge in [0.1, 0.15) is 17.2 Å². The fourth-order valence-electron chi connectivity index (χ4n) is 3.52. The summed E-state index contributed by atoms with van der Waals surface area (Å²) in [7, 11) is 3.21. The molecule has 1 fully saturated rings. The number of ether oxygens (including phenoxy) is 2. The van der Waals surface area contributed by atoms with Crippen molar-refractivity contribution in [1.29, 1.82) is 0 Å². The molecule has 2 aromatic rings. The summed E-state index contributed by atoms with van der Waals surface area (Å²) >= 11 is 0. The molecule has 1 saturated heterocycles. The maximum absolute atomic E-state index is 13.2. The minimum atomic E-state index is -0.358. The van der Waals surface area contributed by atoms with Gasteiger partial charge >= 0.3 is 0 Å². The van der Waals surface area contributed by atoms with E-state index in [9.17, 15) is 9.59 Å². The predicted octanol–water partition coefficient (Wildman–Crippen LogP) is 4.28. The smallest absolute Gasteiger partial charge is 0.270 e. The number of carbonyl (C=O) groups excluding carboxylic acids is 2. The number of rotatable bonds is 7. The van der Waals surface area contributed by atoms with Crippen LogP contribution >= 0.6 is 0 Å². The molecule has 3 rings (SSSR count). The Morgan fingerprint density at radius 1 is 0.812 bits per heavy atom. The Kier molecular flexibility index (Phi) is 8.49. The monoisotopic (exact) mass is 434 g/mol. The molecular weight excluding hydrogens is 404 g/mol. The van der Waals surface area contributed by atoms with Crippen LogP contribution in [-0.4, -0.2) is 44.0 Å². The highest BCUT2D eigenvalue weighted by atomic mass is 16.5. The van der Waals surface area contributed by atoms with Crippen molar-refractivity contribution >= 4 is 24.0 Å². The Morgan fingerprint density at radius 2 is 1.34 bits per heavy atom. The van der Waals surface area contributed by atoms with E-state index in [-0.39, 0.29) is 17.5 Å². The molecule has 1 aliphatic rings. The second-order valence-electron chi connectivity index (χ2n) is 7.63. The van der Waals surface area contributed by atoms with Gasteiger partial charge in [-0.05, 0) is 60.4 Å². The third-order valence-corrected chi connectivity index (χ3v) is 5.35. The van der Waals surface area contributed by atoms with E-state index in [2.05, 4.69) is 5.32 Å². The molecule has 1 aliphatic heterocycles. The summed E-state index contributed by atoms with van der Waals surface area (Å²) in [5.41, 5.74) is 1.94. The largest absolute Gasteiger partial charge is 0.497 e. The number of benzene rings is 2. The van der Waals surface area contributed by atoms with Crippen LogP contribution in [-0.2, 0) is 9.59 Å². The number of nitrogens with zero attached hydrogens (tertiary/aromatic N) is 1. The maximum Gasteiger partial charge on any atom is 0.270 e. The highest BCUT2D eigenvalue weighted by molar-refractivity contribution is 6.04. The van der Waals surface area contributed by atoms with E-state index >= 15 is 0 Å². The van der Waals surface area contributed by atoms with E-state index in [0.29, 0.717) is 13.1 Å². The van der Waals surface area contributed by atoms with Gasteiger partial charge in [0.2, 0.25) is 5.91 Å². The molecule has 0 atom stereocenters. The van der Waals surface area contributed by atoms with Crippen molar-refractivity contribution in [2.24, 2.45) is 0 Å². The first-order valence-corrected chi connectivity index (χ1v) is 10.9.